The molecule has 1 aliphatic rings. The van der Waals surface area contributed by atoms with Crippen molar-refractivity contribution in [2.75, 3.05) is 11.9 Å². The molecule has 1 unspecified atom stereocenters. The summed E-state index contributed by atoms with van der Waals surface area (Å²) in [7, 11) is 0. The van der Waals surface area contributed by atoms with E-state index in [2.05, 4.69) is 16.9 Å². The lowest BCUT2D eigenvalue weighted by atomic mass is 9.87. The third kappa shape index (κ3) is 2.72. The molecule has 0 radical (unpaired) electrons. The standard InChI is InChI=1S/C18H15N3O3S/c1-2-8-24-12-5-3-11(4-6-12)13-10-14(22)19-16-15(13)17(23)20-18-21(16)7-9-25-18/h2-7,9,13H,1,8,10H2,(H,19,22). The minimum absolute atomic E-state index is 0.116. The Morgan fingerprint density at radius 2 is 2.16 bits per heavy atom. The zero-order valence-corrected chi connectivity index (χ0v) is 14.1. The van der Waals surface area contributed by atoms with Gasteiger partial charge in [-0.1, -0.05) is 24.8 Å². The molecule has 0 fully saturated rings. The van der Waals surface area contributed by atoms with Gasteiger partial charge in [0.15, 0.2) is 4.96 Å². The van der Waals surface area contributed by atoms with Crippen molar-refractivity contribution in [1.29, 1.82) is 0 Å². The van der Waals surface area contributed by atoms with E-state index in [1.165, 1.54) is 11.3 Å². The molecule has 25 heavy (non-hydrogen) atoms. The molecule has 3 aromatic rings. The van der Waals surface area contributed by atoms with Crippen LogP contribution in [0, 0.1) is 0 Å². The van der Waals surface area contributed by atoms with Crippen LogP contribution in [0.25, 0.3) is 4.96 Å². The van der Waals surface area contributed by atoms with E-state index in [1.807, 2.05) is 29.6 Å². The molecule has 0 bridgehead atoms. The van der Waals surface area contributed by atoms with Crippen molar-refractivity contribution in [2.24, 2.45) is 0 Å². The van der Waals surface area contributed by atoms with Gasteiger partial charge >= 0.3 is 0 Å². The predicted octanol–water partition coefficient (Wildman–Crippen LogP) is 2.79. The first kappa shape index (κ1) is 15.6. The lowest BCUT2D eigenvalue weighted by molar-refractivity contribution is -0.116. The second kappa shape index (κ2) is 6.18. The van der Waals surface area contributed by atoms with Gasteiger partial charge in [0.25, 0.3) is 5.56 Å². The van der Waals surface area contributed by atoms with Crippen LogP contribution in [0.2, 0.25) is 0 Å². The summed E-state index contributed by atoms with van der Waals surface area (Å²) in [5.74, 6) is 0.792. The Morgan fingerprint density at radius 1 is 1.36 bits per heavy atom. The number of nitrogens with one attached hydrogen (secondary N) is 1. The van der Waals surface area contributed by atoms with Crippen LogP contribution in [0.4, 0.5) is 5.82 Å². The molecule has 1 amide bonds. The molecule has 6 nitrogen and oxygen atoms in total. The minimum atomic E-state index is -0.325. The number of amides is 1. The van der Waals surface area contributed by atoms with Gasteiger partial charge in [0, 0.05) is 23.9 Å². The van der Waals surface area contributed by atoms with Gasteiger partial charge in [-0.05, 0) is 17.7 Å². The topological polar surface area (TPSA) is 72.7 Å². The van der Waals surface area contributed by atoms with Gasteiger partial charge in [0.2, 0.25) is 5.91 Å². The lowest BCUT2D eigenvalue weighted by Crippen LogP contribution is -2.31. The summed E-state index contributed by atoms with van der Waals surface area (Å²) >= 11 is 1.36. The van der Waals surface area contributed by atoms with Crippen LogP contribution in [0.1, 0.15) is 23.5 Å². The first-order valence-corrected chi connectivity index (χ1v) is 8.68. The fourth-order valence-electron chi connectivity index (χ4n) is 3.05. The molecule has 126 valence electrons. The van der Waals surface area contributed by atoms with Gasteiger partial charge in [-0.2, -0.15) is 4.98 Å². The summed E-state index contributed by atoms with van der Waals surface area (Å²) in [6.45, 7) is 4.04. The molecule has 1 atom stereocenters. The Bertz CT molecular complexity index is 1020. The number of carbonyl (C=O) groups excluding carboxylic acids is 1. The molecule has 2 aromatic heterocycles. The molecule has 4 rings (SSSR count). The number of anilines is 1. The summed E-state index contributed by atoms with van der Waals surface area (Å²) < 4.78 is 7.24. The largest absolute Gasteiger partial charge is 0.490 e. The first-order chi connectivity index (χ1) is 12.2. The SMILES string of the molecule is C=CCOc1ccc(C2CC(=O)Nc3c2c(=O)nc2sccn32)cc1. The summed E-state index contributed by atoms with van der Waals surface area (Å²) in [5.41, 5.74) is 1.11. The van der Waals surface area contributed by atoms with Gasteiger partial charge in [-0.3, -0.25) is 14.0 Å². The molecular formula is C18H15N3O3S. The van der Waals surface area contributed by atoms with Gasteiger partial charge in [0.1, 0.15) is 18.2 Å². The van der Waals surface area contributed by atoms with Crippen LogP contribution in [0.3, 0.4) is 0 Å². The lowest BCUT2D eigenvalue weighted by Gasteiger charge is -2.25. The van der Waals surface area contributed by atoms with Crippen LogP contribution < -0.4 is 15.6 Å². The van der Waals surface area contributed by atoms with Crippen molar-refractivity contribution in [3.8, 4) is 5.75 Å². The summed E-state index contributed by atoms with van der Waals surface area (Å²) in [6.07, 6.45) is 3.70. The van der Waals surface area contributed by atoms with Crippen molar-refractivity contribution < 1.29 is 9.53 Å². The van der Waals surface area contributed by atoms with Gasteiger partial charge in [-0.15, -0.1) is 11.3 Å². The van der Waals surface area contributed by atoms with Crippen LogP contribution in [-0.4, -0.2) is 21.9 Å². The Hall–Kier alpha value is -2.93. The van der Waals surface area contributed by atoms with Crippen LogP contribution in [0.15, 0.2) is 53.3 Å². The molecule has 1 aromatic carbocycles. The maximum absolute atomic E-state index is 12.6. The molecule has 7 heteroatoms. The highest BCUT2D eigenvalue weighted by molar-refractivity contribution is 7.15. The van der Waals surface area contributed by atoms with Gasteiger partial charge < -0.3 is 10.1 Å². The third-order valence-electron chi connectivity index (χ3n) is 4.16. The molecular weight excluding hydrogens is 338 g/mol. The maximum Gasteiger partial charge on any atom is 0.279 e. The first-order valence-electron chi connectivity index (χ1n) is 7.80. The Morgan fingerprint density at radius 3 is 2.92 bits per heavy atom. The van der Waals surface area contributed by atoms with E-state index in [0.29, 0.717) is 28.7 Å². The predicted molar refractivity (Wildman–Crippen MR) is 96.6 cm³/mol. The number of ether oxygens (including phenoxy) is 1. The van der Waals surface area contributed by atoms with Crippen LogP contribution in [0.5, 0.6) is 5.75 Å². The van der Waals surface area contributed by atoms with Crippen molar-refractivity contribution >= 4 is 28.0 Å². The van der Waals surface area contributed by atoms with Crippen molar-refractivity contribution in [3.05, 3.63) is 70.0 Å². The van der Waals surface area contributed by atoms with E-state index in [4.69, 9.17) is 4.74 Å². The summed E-state index contributed by atoms with van der Waals surface area (Å²) in [6, 6.07) is 7.43. The number of rotatable bonds is 4. The Balaban J connectivity index is 1.80. The van der Waals surface area contributed by atoms with Crippen LogP contribution >= 0.6 is 11.3 Å². The number of hydrogen-bond acceptors (Lipinski definition) is 5. The second-order valence-electron chi connectivity index (χ2n) is 5.71. The monoisotopic (exact) mass is 353 g/mol. The Kier molecular flexibility index (Phi) is 3.85. The zero-order chi connectivity index (χ0) is 17.4. The average Bonchev–Trinajstić information content (AvgIpc) is 3.08. The number of benzene rings is 1. The minimum Gasteiger partial charge on any atom is -0.490 e. The maximum atomic E-state index is 12.6. The van der Waals surface area contributed by atoms with E-state index in [0.717, 1.165) is 5.56 Å². The van der Waals surface area contributed by atoms with E-state index in [1.54, 1.807) is 16.7 Å². The normalized spacial score (nSPS) is 16.3. The number of nitrogens with zero attached hydrogens (tertiary/aromatic N) is 2. The number of fused-ring (bicyclic) bond motifs is 3. The summed E-state index contributed by atoms with van der Waals surface area (Å²) in [4.78, 5) is 29.5. The van der Waals surface area contributed by atoms with E-state index >= 15 is 0 Å². The van der Waals surface area contributed by atoms with Crippen molar-refractivity contribution in [3.63, 3.8) is 0 Å². The molecule has 1 N–H and O–H groups in total. The highest BCUT2D eigenvalue weighted by Crippen LogP contribution is 2.35. The highest BCUT2D eigenvalue weighted by atomic mass is 32.1. The van der Waals surface area contributed by atoms with Gasteiger partial charge in [-0.25, -0.2) is 0 Å². The second-order valence-corrected chi connectivity index (χ2v) is 6.58. The fourth-order valence-corrected chi connectivity index (χ4v) is 3.76. The van der Waals surface area contributed by atoms with E-state index in [9.17, 15) is 9.59 Å². The zero-order valence-electron chi connectivity index (χ0n) is 13.3. The number of thiazole rings is 1. The number of carbonyl (C=O) groups is 1. The van der Waals surface area contributed by atoms with Crippen molar-refractivity contribution in [1.82, 2.24) is 9.38 Å². The average molecular weight is 353 g/mol. The molecule has 0 saturated heterocycles. The van der Waals surface area contributed by atoms with Crippen LogP contribution in [-0.2, 0) is 4.79 Å². The van der Waals surface area contributed by atoms with Crippen molar-refractivity contribution in [2.45, 2.75) is 12.3 Å². The molecule has 0 saturated carbocycles. The fraction of sp³-hybridized carbons (Fsp3) is 0.167. The van der Waals surface area contributed by atoms with Gasteiger partial charge in [0.05, 0.1) is 5.56 Å². The third-order valence-corrected chi connectivity index (χ3v) is 4.92. The number of hydrogen-bond donors (Lipinski definition) is 1. The molecule has 1 aliphatic heterocycles. The molecule has 0 spiro atoms. The smallest absolute Gasteiger partial charge is 0.279 e. The van der Waals surface area contributed by atoms with E-state index < -0.39 is 0 Å². The highest BCUT2D eigenvalue weighted by Gasteiger charge is 2.31. The number of aromatic nitrogens is 2. The summed E-state index contributed by atoms with van der Waals surface area (Å²) in [5, 5.41) is 4.66. The molecule has 3 heterocycles. The Labute approximate surface area is 147 Å². The quantitative estimate of drug-likeness (QED) is 0.732. The van der Waals surface area contributed by atoms with E-state index in [-0.39, 0.29) is 23.8 Å². The molecule has 0 aliphatic carbocycles.